The maximum Gasteiger partial charge on any atom is 0.321 e. The number of carbonyl (C=O) groups is 1. The van der Waals surface area contributed by atoms with Crippen molar-refractivity contribution in [2.45, 2.75) is 6.42 Å². The molecule has 1 fully saturated rings. The van der Waals surface area contributed by atoms with E-state index in [1.165, 1.54) is 24.3 Å². The standard InChI is InChI=1S/C23H28F2N4O2/c24-19-1-4-21(5-2-19)31-16-15-28-13-11-27(12-14-28)10-8-26-23(30)29-9-7-18-17-20(25)3-6-22(18)29/h1-6,17H,7-16H2,(H,26,30). The molecule has 0 atom stereocenters. The fourth-order valence-corrected chi connectivity index (χ4v) is 4.06. The van der Waals surface area contributed by atoms with Gasteiger partial charge >= 0.3 is 6.03 Å². The molecule has 0 bridgehead atoms. The summed E-state index contributed by atoms with van der Waals surface area (Å²) in [5.41, 5.74) is 1.69. The molecule has 8 heteroatoms. The molecule has 2 heterocycles. The number of urea groups is 1. The Kier molecular flexibility index (Phi) is 6.99. The minimum absolute atomic E-state index is 0.123. The molecule has 2 aliphatic heterocycles. The van der Waals surface area contributed by atoms with Crippen LogP contribution in [0, 0.1) is 11.6 Å². The molecule has 1 N–H and O–H groups in total. The highest BCUT2D eigenvalue weighted by Crippen LogP contribution is 2.28. The lowest BCUT2D eigenvalue weighted by atomic mass is 10.2. The summed E-state index contributed by atoms with van der Waals surface area (Å²) in [5.74, 6) is 0.156. The average Bonchev–Trinajstić information content (AvgIpc) is 3.19. The molecule has 0 radical (unpaired) electrons. The largest absolute Gasteiger partial charge is 0.492 e. The third-order valence-electron chi connectivity index (χ3n) is 5.84. The predicted molar refractivity (Wildman–Crippen MR) is 116 cm³/mol. The number of nitrogens with one attached hydrogen (secondary N) is 1. The van der Waals surface area contributed by atoms with E-state index in [2.05, 4.69) is 15.1 Å². The van der Waals surface area contributed by atoms with Crippen LogP contribution in [0.2, 0.25) is 0 Å². The van der Waals surface area contributed by atoms with Crippen molar-refractivity contribution in [1.29, 1.82) is 0 Å². The summed E-state index contributed by atoms with van der Waals surface area (Å²) in [6, 6.07) is 10.5. The lowest BCUT2D eigenvalue weighted by Gasteiger charge is -2.34. The van der Waals surface area contributed by atoms with Gasteiger partial charge in [0, 0.05) is 58.0 Å². The van der Waals surface area contributed by atoms with Crippen molar-refractivity contribution >= 4 is 11.7 Å². The molecule has 2 aromatic carbocycles. The summed E-state index contributed by atoms with van der Waals surface area (Å²) in [6.45, 7) is 7.16. The molecule has 2 aromatic rings. The van der Waals surface area contributed by atoms with E-state index in [-0.39, 0.29) is 17.7 Å². The van der Waals surface area contributed by atoms with Crippen LogP contribution in [0.5, 0.6) is 5.75 Å². The Hall–Kier alpha value is -2.71. The van der Waals surface area contributed by atoms with Crippen LogP contribution in [0.3, 0.4) is 0 Å². The number of anilines is 1. The van der Waals surface area contributed by atoms with Crippen molar-refractivity contribution in [3.63, 3.8) is 0 Å². The lowest BCUT2D eigenvalue weighted by molar-refractivity contribution is 0.118. The van der Waals surface area contributed by atoms with E-state index in [4.69, 9.17) is 4.74 Å². The van der Waals surface area contributed by atoms with Crippen LogP contribution >= 0.6 is 0 Å². The number of hydrogen-bond donors (Lipinski definition) is 1. The monoisotopic (exact) mass is 430 g/mol. The van der Waals surface area contributed by atoms with E-state index in [1.54, 1.807) is 23.1 Å². The second-order valence-corrected chi connectivity index (χ2v) is 7.89. The van der Waals surface area contributed by atoms with E-state index in [9.17, 15) is 13.6 Å². The summed E-state index contributed by atoms with van der Waals surface area (Å²) in [7, 11) is 0. The van der Waals surface area contributed by atoms with Gasteiger partial charge in [-0.1, -0.05) is 0 Å². The SMILES string of the molecule is O=C(NCCN1CCN(CCOc2ccc(F)cc2)CC1)N1CCc2cc(F)ccc21. The van der Waals surface area contributed by atoms with Gasteiger partial charge in [-0.05, 0) is 54.4 Å². The molecule has 0 saturated carbocycles. The molecular formula is C23H28F2N4O2. The number of rotatable bonds is 7. The van der Waals surface area contributed by atoms with Crippen LogP contribution in [0.15, 0.2) is 42.5 Å². The van der Waals surface area contributed by atoms with E-state index in [0.717, 1.165) is 50.5 Å². The molecular weight excluding hydrogens is 402 g/mol. The average molecular weight is 430 g/mol. The Morgan fingerprint density at radius 1 is 0.903 bits per heavy atom. The van der Waals surface area contributed by atoms with Crippen LogP contribution in [-0.2, 0) is 6.42 Å². The quantitative estimate of drug-likeness (QED) is 0.734. The fourth-order valence-electron chi connectivity index (χ4n) is 4.06. The van der Waals surface area contributed by atoms with Crippen LogP contribution in [0.1, 0.15) is 5.56 Å². The second-order valence-electron chi connectivity index (χ2n) is 7.89. The van der Waals surface area contributed by atoms with E-state index >= 15 is 0 Å². The van der Waals surface area contributed by atoms with E-state index in [0.29, 0.717) is 31.9 Å². The van der Waals surface area contributed by atoms with Gasteiger partial charge < -0.3 is 10.1 Å². The molecule has 0 aliphatic carbocycles. The second kappa shape index (κ2) is 10.1. The first-order valence-corrected chi connectivity index (χ1v) is 10.8. The Balaban J connectivity index is 1.11. The number of fused-ring (bicyclic) bond motifs is 1. The fraction of sp³-hybridized carbons (Fsp3) is 0.435. The van der Waals surface area contributed by atoms with Crippen molar-refractivity contribution in [3.05, 3.63) is 59.7 Å². The molecule has 0 unspecified atom stereocenters. The Morgan fingerprint density at radius 3 is 2.32 bits per heavy atom. The molecule has 2 amide bonds. The van der Waals surface area contributed by atoms with Crippen LogP contribution in [0.4, 0.5) is 19.3 Å². The number of benzene rings is 2. The first-order valence-electron chi connectivity index (χ1n) is 10.8. The lowest BCUT2D eigenvalue weighted by Crippen LogP contribution is -2.50. The Morgan fingerprint density at radius 2 is 1.58 bits per heavy atom. The first-order chi connectivity index (χ1) is 15.1. The normalized spacial score (nSPS) is 16.9. The minimum atomic E-state index is -0.264. The Bertz CT molecular complexity index is 886. The van der Waals surface area contributed by atoms with Crippen molar-refractivity contribution in [1.82, 2.24) is 15.1 Å². The number of nitrogens with zero attached hydrogens (tertiary/aromatic N) is 3. The number of carbonyl (C=O) groups excluding carboxylic acids is 1. The zero-order chi connectivity index (χ0) is 21.6. The van der Waals surface area contributed by atoms with Crippen molar-refractivity contribution < 1.29 is 18.3 Å². The van der Waals surface area contributed by atoms with Gasteiger partial charge in [-0.2, -0.15) is 0 Å². The molecule has 2 aliphatic rings. The minimum Gasteiger partial charge on any atom is -0.492 e. The third kappa shape index (κ3) is 5.71. The highest BCUT2D eigenvalue weighted by Gasteiger charge is 2.25. The molecule has 31 heavy (non-hydrogen) atoms. The maximum absolute atomic E-state index is 13.3. The van der Waals surface area contributed by atoms with Gasteiger partial charge in [0.15, 0.2) is 0 Å². The number of piperazine rings is 1. The highest BCUT2D eigenvalue weighted by atomic mass is 19.1. The van der Waals surface area contributed by atoms with Crippen molar-refractivity contribution in [3.8, 4) is 5.75 Å². The first kappa shape index (κ1) is 21.5. The zero-order valence-corrected chi connectivity index (χ0v) is 17.5. The van der Waals surface area contributed by atoms with Gasteiger partial charge in [0.2, 0.25) is 0 Å². The van der Waals surface area contributed by atoms with Crippen molar-refractivity contribution in [2.75, 3.05) is 63.9 Å². The van der Waals surface area contributed by atoms with Gasteiger partial charge in [0.05, 0.1) is 0 Å². The third-order valence-corrected chi connectivity index (χ3v) is 5.84. The highest BCUT2D eigenvalue weighted by molar-refractivity contribution is 5.94. The molecule has 0 aromatic heterocycles. The number of amides is 2. The Labute approximate surface area is 181 Å². The molecule has 4 rings (SSSR count). The molecule has 166 valence electrons. The van der Waals surface area contributed by atoms with Gasteiger partial charge in [-0.25, -0.2) is 13.6 Å². The number of hydrogen-bond acceptors (Lipinski definition) is 4. The van der Waals surface area contributed by atoms with Crippen molar-refractivity contribution in [2.24, 2.45) is 0 Å². The summed E-state index contributed by atoms with van der Waals surface area (Å²) in [6.07, 6.45) is 0.688. The summed E-state index contributed by atoms with van der Waals surface area (Å²) < 4.78 is 31.9. The zero-order valence-electron chi connectivity index (χ0n) is 17.5. The van der Waals surface area contributed by atoms with Gasteiger partial charge in [0.25, 0.3) is 0 Å². The van der Waals surface area contributed by atoms with E-state index in [1.807, 2.05) is 0 Å². The van der Waals surface area contributed by atoms with Crippen LogP contribution in [0.25, 0.3) is 0 Å². The van der Waals surface area contributed by atoms with Crippen LogP contribution < -0.4 is 15.0 Å². The maximum atomic E-state index is 13.3. The summed E-state index contributed by atoms with van der Waals surface area (Å²) >= 11 is 0. The smallest absolute Gasteiger partial charge is 0.321 e. The number of ether oxygens (including phenoxy) is 1. The molecule has 0 spiro atoms. The summed E-state index contributed by atoms with van der Waals surface area (Å²) in [4.78, 5) is 18.9. The van der Waals surface area contributed by atoms with Crippen LogP contribution in [-0.4, -0.2) is 74.8 Å². The van der Waals surface area contributed by atoms with Gasteiger partial charge in [-0.3, -0.25) is 14.7 Å². The van der Waals surface area contributed by atoms with Gasteiger partial charge in [0.1, 0.15) is 24.0 Å². The summed E-state index contributed by atoms with van der Waals surface area (Å²) in [5, 5.41) is 2.99. The topological polar surface area (TPSA) is 48.1 Å². The molecule has 6 nitrogen and oxygen atoms in total. The molecule has 1 saturated heterocycles. The van der Waals surface area contributed by atoms with Gasteiger partial charge in [-0.15, -0.1) is 0 Å². The predicted octanol–water partition coefficient (Wildman–Crippen LogP) is 2.73. The number of halogens is 2. The van der Waals surface area contributed by atoms with E-state index < -0.39 is 0 Å².